The zero-order valence-electron chi connectivity index (χ0n) is 22.4. The Bertz CT molecular complexity index is 1860. The van der Waals surface area contributed by atoms with Crippen molar-refractivity contribution in [3.05, 3.63) is 66.9 Å². The number of fused-ring (bicyclic) bond motifs is 2. The van der Waals surface area contributed by atoms with Crippen LogP contribution in [0.1, 0.15) is 12.8 Å². The minimum Gasteiger partial charge on any atom is -0.495 e. The van der Waals surface area contributed by atoms with Crippen LogP contribution in [-0.4, -0.2) is 73.4 Å². The van der Waals surface area contributed by atoms with Gasteiger partial charge in [0, 0.05) is 36.1 Å². The van der Waals surface area contributed by atoms with E-state index in [-0.39, 0.29) is 5.82 Å². The third-order valence-corrected chi connectivity index (χ3v) is 7.33. The predicted octanol–water partition coefficient (Wildman–Crippen LogP) is 5.25. The van der Waals surface area contributed by atoms with Crippen molar-refractivity contribution in [1.82, 2.24) is 40.0 Å². The van der Waals surface area contributed by atoms with Crippen molar-refractivity contribution in [1.29, 1.82) is 0 Å². The fourth-order valence-corrected chi connectivity index (χ4v) is 5.26. The zero-order chi connectivity index (χ0) is 27.8. The first-order valence-corrected chi connectivity index (χ1v) is 13.5. The number of methoxy groups -OCH3 is 1. The Kier molecular flexibility index (Phi) is 6.48. The number of pyridine rings is 3. The van der Waals surface area contributed by atoms with Gasteiger partial charge in [0.2, 0.25) is 0 Å². The van der Waals surface area contributed by atoms with Crippen molar-refractivity contribution < 1.29 is 13.9 Å². The molecule has 0 atom stereocenters. The molecular weight excluding hydrogens is 523 g/mol. The van der Waals surface area contributed by atoms with E-state index in [1.807, 2.05) is 30.3 Å². The first-order valence-electron chi connectivity index (χ1n) is 13.5. The SMILES string of the molecule is COc1cncc(-c2ccc3[nH]nc(-c4nc5nccc(-c6cc(F)cc(OCCN7CCCC7)c6)c5[nH]4)c3n2)c1. The van der Waals surface area contributed by atoms with Crippen LogP contribution in [0.2, 0.25) is 0 Å². The molecule has 5 aromatic heterocycles. The molecule has 41 heavy (non-hydrogen) atoms. The highest BCUT2D eigenvalue weighted by molar-refractivity contribution is 5.95. The summed E-state index contributed by atoms with van der Waals surface area (Å²) in [5, 5.41) is 7.52. The number of likely N-dealkylation sites (tertiary alicyclic amines) is 1. The molecule has 1 aromatic carbocycles. The zero-order valence-corrected chi connectivity index (χ0v) is 22.4. The Labute approximate surface area is 234 Å². The number of nitrogens with zero attached hydrogens (tertiary/aromatic N) is 6. The lowest BCUT2D eigenvalue weighted by atomic mass is 10.1. The first kappa shape index (κ1) is 25.1. The maximum absolute atomic E-state index is 14.7. The summed E-state index contributed by atoms with van der Waals surface area (Å²) >= 11 is 0. The minimum absolute atomic E-state index is 0.370. The average Bonchev–Trinajstić information content (AvgIpc) is 3.76. The number of aromatic nitrogens is 7. The molecule has 0 aliphatic carbocycles. The molecule has 0 saturated carbocycles. The van der Waals surface area contributed by atoms with Crippen LogP contribution in [0.4, 0.5) is 4.39 Å². The van der Waals surface area contributed by atoms with Gasteiger partial charge in [-0.15, -0.1) is 0 Å². The molecule has 10 nitrogen and oxygen atoms in total. The van der Waals surface area contributed by atoms with E-state index < -0.39 is 0 Å². The smallest absolute Gasteiger partial charge is 0.178 e. The highest BCUT2D eigenvalue weighted by Crippen LogP contribution is 2.33. The van der Waals surface area contributed by atoms with E-state index in [0.29, 0.717) is 51.9 Å². The van der Waals surface area contributed by atoms with Crippen LogP contribution in [-0.2, 0) is 0 Å². The summed E-state index contributed by atoms with van der Waals surface area (Å²) in [5.74, 6) is 1.26. The number of hydrogen-bond donors (Lipinski definition) is 2. The summed E-state index contributed by atoms with van der Waals surface area (Å²) in [5.41, 5.74) is 6.07. The largest absolute Gasteiger partial charge is 0.495 e. The molecule has 0 radical (unpaired) electrons. The molecular formula is C30H27FN8O2. The van der Waals surface area contributed by atoms with E-state index >= 15 is 0 Å². The van der Waals surface area contributed by atoms with Crippen LogP contribution in [0.3, 0.4) is 0 Å². The number of nitrogens with one attached hydrogen (secondary N) is 2. The molecule has 11 heteroatoms. The standard InChI is InChI=1S/C30H27FN8O2/c1-40-22-14-19(16-32-17-22)24-4-5-25-27(34-24)28(38-37-25)30-35-26-23(6-7-33-29(26)36-30)18-12-20(31)15-21(13-18)41-11-10-39-8-2-3-9-39/h4-7,12-17H,2-3,8-11H2,1H3,(H,37,38)(H,33,35,36). The normalized spacial score (nSPS) is 13.8. The highest BCUT2D eigenvalue weighted by Gasteiger charge is 2.18. The van der Waals surface area contributed by atoms with Gasteiger partial charge in [-0.25, -0.2) is 19.3 Å². The molecule has 0 bridgehead atoms. The molecule has 0 unspecified atom stereocenters. The third kappa shape index (κ3) is 4.95. The number of imidazole rings is 1. The Morgan fingerprint density at radius 1 is 0.976 bits per heavy atom. The number of halogens is 1. The molecule has 7 rings (SSSR count). The van der Waals surface area contributed by atoms with E-state index in [0.717, 1.165) is 42.0 Å². The van der Waals surface area contributed by atoms with E-state index in [9.17, 15) is 4.39 Å². The van der Waals surface area contributed by atoms with E-state index in [1.54, 1.807) is 25.7 Å². The van der Waals surface area contributed by atoms with Gasteiger partial charge in [0.25, 0.3) is 0 Å². The summed E-state index contributed by atoms with van der Waals surface area (Å²) in [4.78, 5) is 24.0. The first-order chi connectivity index (χ1) is 20.1. The van der Waals surface area contributed by atoms with E-state index in [2.05, 4.69) is 30.0 Å². The molecule has 1 saturated heterocycles. The lowest BCUT2D eigenvalue weighted by Gasteiger charge is -2.15. The lowest BCUT2D eigenvalue weighted by molar-refractivity contribution is 0.237. The molecule has 1 fully saturated rings. The van der Waals surface area contributed by atoms with Crippen LogP contribution in [0.15, 0.2) is 61.1 Å². The number of hydrogen-bond acceptors (Lipinski definition) is 8. The van der Waals surface area contributed by atoms with Crippen molar-refractivity contribution in [2.24, 2.45) is 0 Å². The molecule has 1 aliphatic rings. The van der Waals surface area contributed by atoms with Crippen molar-refractivity contribution in [3.8, 4) is 45.4 Å². The van der Waals surface area contributed by atoms with Gasteiger partial charge in [0.05, 0.1) is 30.0 Å². The lowest BCUT2D eigenvalue weighted by Crippen LogP contribution is -2.25. The molecule has 1 aliphatic heterocycles. The summed E-state index contributed by atoms with van der Waals surface area (Å²) in [6.45, 7) is 3.53. The summed E-state index contributed by atoms with van der Waals surface area (Å²) in [6.07, 6.45) is 7.48. The molecule has 206 valence electrons. The van der Waals surface area contributed by atoms with Gasteiger partial charge in [-0.05, 0) is 67.9 Å². The number of ether oxygens (including phenoxy) is 2. The average molecular weight is 551 g/mol. The number of aromatic amines is 2. The van der Waals surface area contributed by atoms with Crippen LogP contribution >= 0.6 is 0 Å². The summed E-state index contributed by atoms with van der Waals surface area (Å²) in [7, 11) is 1.60. The van der Waals surface area contributed by atoms with Crippen LogP contribution < -0.4 is 9.47 Å². The summed E-state index contributed by atoms with van der Waals surface area (Å²) in [6, 6.07) is 12.3. The second-order valence-electron chi connectivity index (χ2n) is 9.99. The topological polar surface area (TPSA) is 118 Å². The number of rotatable bonds is 8. The maximum Gasteiger partial charge on any atom is 0.178 e. The van der Waals surface area contributed by atoms with Crippen molar-refractivity contribution >= 4 is 22.2 Å². The quantitative estimate of drug-likeness (QED) is 0.264. The van der Waals surface area contributed by atoms with Crippen LogP contribution in [0, 0.1) is 5.82 Å². The fraction of sp³-hybridized carbons (Fsp3) is 0.233. The highest BCUT2D eigenvalue weighted by atomic mass is 19.1. The van der Waals surface area contributed by atoms with Gasteiger partial charge >= 0.3 is 0 Å². The van der Waals surface area contributed by atoms with E-state index in [1.165, 1.54) is 25.0 Å². The maximum atomic E-state index is 14.7. The monoisotopic (exact) mass is 550 g/mol. The molecule has 6 heterocycles. The Morgan fingerprint density at radius 3 is 2.73 bits per heavy atom. The molecule has 2 N–H and O–H groups in total. The number of H-pyrrole nitrogens is 2. The summed E-state index contributed by atoms with van der Waals surface area (Å²) < 4.78 is 26.0. The fourth-order valence-electron chi connectivity index (χ4n) is 5.26. The predicted molar refractivity (Wildman–Crippen MR) is 153 cm³/mol. The van der Waals surface area contributed by atoms with Gasteiger partial charge in [-0.1, -0.05) is 0 Å². The second kappa shape index (κ2) is 10.6. The number of benzene rings is 1. The van der Waals surface area contributed by atoms with E-state index in [4.69, 9.17) is 19.4 Å². The molecule has 6 aromatic rings. The van der Waals surface area contributed by atoms with Crippen LogP contribution in [0.5, 0.6) is 11.5 Å². The Hall–Kier alpha value is -4.90. The molecule has 0 spiro atoms. The Balaban J connectivity index is 1.23. The van der Waals surface area contributed by atoms with Crippen molar-refractivity contribution in [2.75, 3.05) is 33.4 Å². The van der Waals surface area contributed by atoms with Crippen molar-refractivity contribution in [3.63, 3.8) is 0 Å². The molecule has 0 amide bonds. The van der Waals surface area contributed by atoms with Gasteiger partial charge in [-0.2, -0.15) is 5.10 Å². The van der Waals surface area contributed by atoms with Crippen molar-refractivity contribution in [2.45, 2.75) is 12.8 Å². The van der Waals surface area contributed by atoms with Gasteiger partial charge in [0.1, 0.15) is 29.4 Å². The second-order valence-corrected chi connectivity index (χ2v) is 9.99. The Morgan fingerprint density at radius 2 is 1.85 bits per heavy atom. The third-order valence-electron chi connectivity index (χ3n) is 7.33. The van der Waals surface area contributed by atoms with Gasteiger partial charge < -0.3 is 14.5 Å². The van der Waals surface area contributed by atoms with Gasteiger partial charge in [-0.3, -0.25) is 15.0 Å². The minimum atomic E-state index is -0.370. The van der Waals surface area contributed by atoms with Crippen LogP contribution in [0.25, 0.3) is 56.1 Å². The van der Waals surface area contributed by atoms with Gasteiger partial charge in [0.15, 0.2) is 17.2 Å².